The predicted molar refractivity (Wildman–Crippen MR) is 26.7 cm³/mol. The zero-order valence-electron chi connectivity index (χ0n) is 4.44. The van der Waals surface area contributed by atoms with Crippen molar-refractivity contribution in [1.29, 1.82) is 0 Å². The van der Waals surface area contributed by atoms with Gasteiger partial charge in [0.25, 0.3) is 0 Å². The third-order valence-corrected chi connectivity index (χ3v) is 0.492. The lowest BCUT2D eigenvalue weighted by Crippen LogP contribution is -1.96. The number of methoxy groups -OCH3 is 1. The van der Waals surface area contributed by atoms with Crippen LogP contribution in [0.1, 0.15) is 0 Å². The quantitative estimate of drug-likeness (QED) is 0.381. The fraction of sp³-hybridized carbons (Fsp3) is 0.600. The van der Waals surface area contributed by atoms with Crippen LogP contribution in [0, 0.1) is 6.26 Å². The van der Waals surface area contributed by atoms with Gasteiger partial charge in [0.05, 0.1) is 6.61 Å². The Bertz CT molecular complexity index is 43.3. The van der Waals surface area contributed by atoms with Crippen LogP contribution in [0.2, 0.25) is 0 Å². The van der Waals surface area contributed by atoms with Gasteiger partial charge in [0.15, 0.2) is 6.26 Å². The Kier molecular flexibility index (Phi) is 5.11. The Morgan fingerprint density at radius 2 is 2.29 bits per heavy atom. The molecule has 0 aromatic heterocycles. The summed E-state index contributed by atoms with van der Waals surface area (Å²) in [4.78, 5) is 0. The van der Waals surface area contributed by atoms with Gasteiger partial charge in [-0.15, -0.1) is 0 Å². The monoisotopic (exact) mass is 101 g/mol. The van der Waals surface area contributed by atoms with E-state index in [-0.39, 0.29) is 0 Å². The van der Waals surface area contributed by atoms with Crippen molar-refractivity contribution >= 4 is 0 Å². The third kappa shape index (κ3) is 5.50. The van der Waals surface area contributed by atoms with E-state index in [9.17, 15) is 0 Å². The molecule has 0 unspecified atom stereocenters. The molecule has 0 saturated heterocycles. The van der Waals surface area contributed by atoms with E-state index >= 15 is 0 Å². The van der Waals surface area contributed by atoms with Crippen LogP contribution in [-0.2, 0) is 9.47 Å². The van der Waals surface area contributed by atoms with E-state index in [1.54, 1.807) is 7.11 Å². The van der Waals surface area contributed by atoms with E-state index in [0.29, 0.717) is 13.2 Å². The first-order valence-electron chi connectivity index (χ1n) is 2.04. The summed E-state index contributed by atoms with van der Waals surface area (Å²) in [6.45, 7) is 4.37. The van der Waals surface area contributed by atoms with Crippen molar-refractivity contribution < 1.29 is 9.47 Å². The first kappa shape index (κ1) is 6.50. The highest BCUT2D eigenvalue weighted by molar-refractivity contribution is 4.35. The standard InChI is InChI=1S/C5H9O2/c1-3-7-5-4-6-2/h1,4-5H2,2H3. The zero-order valence-corrected chi connectivity index (χ0v) is 4.44. The summed E-state index contributed by atoms with van der Waals surface area (Å²) >= 11 is 0. The van der Waals surface area contributed by atoms with Gasteiger partial charge in [-0.1, -0.05) is 6.58 Å². The van der Waals surface area contributed by atoms with Crippen molar-refractivity contribution in [3.63, 3.8) is 0 Å². The molecule has 0 bridgehead atoms. The average molecular weight is 101 g/mol. The number of hydrogen-bond acceptors (Lipinski definition) is 2. The second kappa shape index (κ2) is 5.50. The van der Waals surface area contributed by atoms with Crippen LogP contribution < -0.4 is 0 Å². The minimum atomic E-state index is 0.542. The summed E-state index contributed by atoms with van der Waals surface area (Å²) in [6, 6.07) is 0. The van der Waals surface area contributed by atoms with E-state index in [4.69, 9.17) is 0 Å². The Hall–Kier alpha value is -0.500. The van der Waals surface area contributed by atoms with Gasteiger partial charge in [-0.3, -0.25) is 0 Å². The summed E-state index contributed by atoms with van der Waals surface area (Å²) in [7, 11) is 1.62. The average Bonchev–Trinajstić information content (AvgIpc) is 1.69. The van der Waals surface area contributed by atoms with Crippen molar-refractivity contribution in [3.05, 3.63) is 12.8 Å². The van der Waals surface area contributed by atoms with Gasteiger partial charge in [-0.2, -0.15) is 0 Å². The molecule has 0 aliphatic heterocycles. The second-order valence-corrected chi connectivity index (χ2v) is 0.986. The summed E-state index contributed by atoms with van der Waals surface area (Å²) in [5.74, 6) is 0. The van der Waals surface area contributed by atoms with Crippen LogP contribution >= 0.6 is 0 Å². The minimum absolute atomic E-state index is 0.542. The molecule has 0 spiro atoms. The van der Waals surface area contributed by atoms with E-state index in [1.165, 1.54) is 0 Å². The molecule has 41 valence electrons. The Morgan fingerprint density at radius 1 is 1.57 bits per heavy atom. The van der Waals surface area contributed by atoms with Gasteiger partial charge in [0, 0.05) is 7.11 Å². The SMILES string of the molecule is C=[C]OCCOC. The number of hydrogen-bond donors (Lipinski definition) is 0. The topological polar surface area (TPSA) is 18.5 Å². The molecule has 2 heteroatoms. The molecule has 0 atom stereocenters. The van der Waals surface area contributed by atoms with Crippen molar-refractivity contribution in [3.8, 4) is 0 Å². The normalized spacial score (nSPS) is 8.14. The van der Waals surface area contributed by atoms with Gasteiger partial charge in [-0.05, 0) is 0 Å². The maximum absolute atomic E-state index is 4.65. The second-order valence-electron chi connectivity index (χ2n) is 0.986. The summed E-state index contributed by atoms with van der Waals surface area (Å²) in [5, 5.41) is 0. The molecule has 0 aromatic rings. The molecule has 0 aliphatic rings. The summed E-state index contributed by atoms with van der Waals surface area (Å²) in [6.07, 6.45) is 2.27. The molecule has 2 nitrogen and oxygen atoms in total. The molecule has 0 aromatic carbocycles. The highest BCUT2D eigenvalue weighted by atomic mass is 16.5. The molecule has 1 radical (unpaired) electrons. The maximum Gasteiger partial charge on any atom is 0.153 e. The lowest BCUT2D eigenvalue weighted by atomic mass is 10.8. The molecule has 0 fully saturated rings. The van der Waals surface area contributed by atoms with Crippen LogP contribution in [0.5, 0.6) is 0 Å². The molecule has 0 N–H and O–H groups in total. The fourth-order valence-electron chi connectivity index (χ4n) is 0.197. The summed E-state index contributed by atoms with van der Waals surface area (Å²) in [5.41, 5.74) is 0. The molecular weight excluding hydrogens is 92.1 g/mol. The molecule has 0 aliphatic carbocycles. The lowest BCUT2D eigenvalue weighted by Gasteiger charge is -1.94. The molecule has 0 saturated carbocycles. The van der Waals surface area contributed by atoms with Crippen molar-refractivity contribution in [2.75, 3.05) is 20.3 Å². The van der Waals surface area contributed by atoms with Gasteiger partial charge in [0.2, 0.25) is 0 Å². The largest absolute Gasteiger partial charge is 0.488 e. The van der Waals surface area contributed by atoms with Crippen molar-refractivity contribution in [2.45, 2.75) is 0 Å². The Labute approximate surface area is 43.7 Å². The molecule has 7 heavy (non-hydrogen) atoms. The van der Waals surface area contributed by atoms with Crippen LogP contribution in [0.4, 0.5) is 0 Å². The van der Waals surface area contributed by atoms with E-state index < -0.39 is 0 Å². The number of rotatable bonds is 4. The van der Waals surface area contributed by atoms with E-state index in [0.717, 1.165) is 0 Å². The van der Waals surface area contributed by atoms with E-state index in [1.807, 2.05) is 0 Å². The molecular formula is C5H9O2. The smallest absolute Gasteiger partial charge is 0.153 e. The lowest BCUT2D eigenvalue weighted by molar-refractivity contribution is 0.116. The van der Waals surface area contributed by atoms with Crippen molar-refractivity contribution in [1.82, 2.24) is 0 Å². The van der Waals surface area contributed by atoms with Crippen LogP contribution in [-0.4, -0.2) is 20.3 Å². The first-order chi connectivity index (χ1) is 3.41. The molecule has 0 amide bonds. The third-order valence-electron chi connectivity index (χ3n) is 0.492. The van der Waals surface area contributed by atoms with Gasteiger partial charge in [0.1, 0.15) is 6.61 Å². The number of ether oxygens (including phenoxy) is 2. The highest BCUT2D eigenvalue weighted by Gasteiger charge is 1.76. The maximum atomic E-state index is 4.65. The first-order valence-corrected chi connectivity index (χ1v) is 2.04. The van der Waals surface area contributed by atoms with Crippen LogP contribution in [0.25, 0.3) is 0 Å². The Balaban J connectivity index is 2.56. The molecule has 0 rings (SSSR count). The van der Waals surface area contributed by atoms with Gasteiger partial charge < -0.3 is 9.47 Å². The fourth-order valence-corrected chi connectivity index (χ4v) is 0.197. The van der Waals surface area contributed by atoms with E-state index in [2.05, 4.69) is 22.3 Å². The zero-order chi connectivity index (χ0) is 5.54. The predicted octanol–water partition coefficient (Wildman–Crippen LogP) is 0.596. The summed E-state index contributed by atoms with van der Waals surface area (Å²) < 4.78 is 9.24. The van der Waals surface area contributed by atoms with Gasteiger partial charge in [-0.25, -0.2) is 0 Å². The minimum Gasteiger partial charge on any atom is -0.488 e. The molecule has 0 heterocycles. The van der Waals surface area contributed by atoms with Crippen LogP contribution in [0.3, 0.4) is 0 Å². The Morgan fingerprint density at radius 3 is 2.71 bits per heavy atom. The van der Waals surface area contributed by atoms with Crippen molar-refractivity contribution in [2.24, 2.45) is 0 Å². The van der Waals surface area contributed by atoms with Gasteiger partial charge >= 0.3 is 0 Å². The van der Waals surface area contributed by atoms with Crippen LogP contribution in [0.15, 0.2) is 6.58 Å². The highest BCUT2D eigenvalue weighted by Crippen LogP contribution is 1.71.